The molecule has 2 aliphatic heterocycles. The Morgan fingerprint density at radius 2 is 2.17 bits per heavy atom. The third kappa shape index (κ3) is 3.52. The number of aromatic carboxylic acids is 1. The van der Waals surface area contributed by atoms with Crippen molar-refractivity contribution in [2.45, 2.75) is 35.9 Å². The first-order valence-corrected chi connectivity index (χ1v) is 9.22. The minimum absolute atomic E-state index is 0. The first-order valence-electron chi connectivity index (χ1n) is 8.23. The van der Waals surface area contributed by atoms with E-state index in [2.05, 4.69) is 4.90 Å². The minimum atomic E-state index is -1.23. The van der Waals surface area contributed by atoms with E-state index in [-0.39, 0.29) is 46.9 Å². The van der Waals surface area contributed by atoms with E-state index < -0.39 is 13.1 Å². The second-order valence-electron chi connectivity index (χ2n) is 6.56. The van der Waals surface area contributed by atoms with Gasteiger partial charge in [0.25, 0.3) is 0 Å². The van der Waals surface area contributed by atoms with Crippen LogP contribution in [0.2, 0.25) is 5.82 Å². The van der Waals surface area contributed by atoms with Gasteiger partial charge in [-0.1, -0.05) is 6.07 Å². The molecule has 1 aromatic rings. The number of carbonyl (C=O) groups is 1. The maximum atomic E-state index is 11.6. The molecule has 0 radical (unpaired) electrons. The molecule has 0 unspecified atom stereocenters. The number of fused-ring (bicyclic) bond motifs is 3. The fourth-order valence-electron chi connectivity index (χ4n) is 3.70. The predicted molar refractivity (Wildman–Crippen MR) is 86.9 cm³/mol. The summed E-state index contributed by atoms with van der Waals surface area (Å²) in [6, 6.07) is 3.82. The van der Waals surface area contributed by atoms with Crippen molar-refractivity contribution >= 4 is 24.8 Å². The van der Waals surface area contributed by atoms with Crippen molar-refractivity contribution in [2.24, 2.45) is 0 Å². The largest absolute Gasteiger partial charge is 1.00 e. The fraction of sp³-hybridized carbons (Fsp3) is 0.562. The molecule has 1 aliphatic carbocycles. The van der Waals surface area contributed by atoms with Gasteiger partial charge in [0.15, 0.2) is 0 Å². The standard InChI is InChI=1S/C16H20BNO4S.Na/c19-16(20)14-13(23-8-7-18-5-1-2-6-18)4-3-10-11-9-12(11)17(21)22-15(10)14;/h3-4,11-12,21H,1-2,5-9H2,(H,19,20);/q;+1/p-1/t11-,12-;/m1./s1. The van der Waals surface area contributed by atoms with Crippen LogP contribution in [0.25, 0.3) is 0 Å². The quantitative estimate of drug-likeness (QED) is 0.485. The number of carboxylic acid groups (broad SMARTS) is 1. The van der Waals surface area contributed by atoms with E-state index in [1.54, 1.807) is 0 Å². The van der Waals surface area contributed by atoms with Crippen LogP contribution in [0.4, 0.5) is 0 Å². The molecule has 4 rings (SSSR count). The summed E-state index contributed by atoms with van der Waals surface area (Å²) in [5, 5.41) is 21.6. The molecule has 122 valence electrons. The first-order chi connectivity index (χ1) is 11.1. The molecule has 1 aromatic carbocycles. The van der Waals surface area contributed by atoms with Gasteiger partial charge in [-0.25, -0.2) is 0 Å². The van der Waals surface area contributed by atoms with Crippen LogP contribution in [-0.2, 0) is 0 Å². The molecule has 2 fully saturated rings. The minimum Gasteiger partial charge on any atom is -0.545 e. The Labute approximate surface area is 168 Å². The number of benzene rings is 1. The van der Waals surface area contributed by atoms with Crippen LogP contribution < -0.4 is 39.3 Å². The van der Waals surface area contributed by atoms with Crippen LogP contribution in [0, 0.1) is 0 Å². The second-order valence-corrected chi connectivity index (χ2v) is 7.69. The van der Waals surface area contributed by atoms with Crippen LogP contribution >= 0.6 is 11.8 Å². The Kier molecular flexibility index (Phi) is 5.89. The van der Waals surface area contributed by atoms with Crippen LogP contribution in [0.5, 0.6) is 5.75 Å². The van der Waals surface area contributed by atoms with Crippen molar-refractivity contribution in [3.8, 4) is 5.75 Å². The fourth-order valence-corrected chi connectivity index (χ4v) is 4.75. The zero-order valence-electron chi connectivity index (χ0n) is 13.9. The average Bonchev–Trinajstić information content (AvgIpc) is 3.17. The molecular formula is C16H19BNNaO4S. The average molecular weight is 355 g/mol. The second kappa shape index (κ2) is 7.60. The summed E-state index contributed by atoms with van der Waals surface area (Å²) in [4.78, 5) is 14.7. The molecular weight excluding hydrogens is 336 g/mol. The summed E-state index contributed by atoms with van der Waals surface area (Å²) in [5.41, 5.74) is 1.02. The topological polar surface area (TPSA) is 72.8 Å². The molecule has 0 aromatic heterocycles. The number of carboxylic acids is 1. The van der Waals surface area contributed by atoms with Crippen molar-refractivity contribution in [3.63, 3.8) is 0 Å². The molecule has 1 saturated carbocycles. The molecule has 2 heterocycles. The molecule has 0 bridgehead atoms. The maximum absolute atomic E-state index is 11.6. The molecule has 1 saturated heterocycles. The number of likely N-dealkylation sites (tertiary alicyclic amines) is 1. The zero-order valence-corrected chi connectivity index (χ0v) is 16.7. The van der Waals surface area contributed by atoms with E-state index in [4.69, 9.17) is 4.65 Å². The molecule has 24 heavy (non-hydrogen) atoms. The van der Waals surface area contributed by atoms with E-state index in [1.807, 2.05) is 12.1 Å². The van der Waals surface area contributed by atoms with Gasteiger partial charge in [0.05, 0.1) is 11.5 Å². The van der Waals surface area contributed by atoms with Crippen LogP contribution in [-0.4, -0.2) is 48.4 Å². The van der Waals surface area contributed by atoms with Gasteiger partial charge in [0.2, 0.25) is 0 Å². The van der Waals surface area contributed by atoms with Gasteiger partial charge in [-0.2, -0.15) is 0 Å². The molecule has 0 amide bonds. The Balaban J connectivity index is 0.00000169. The zero-order chi connectivity index (χ0) is 16.0. The summed E-state index contributed by atoms with van der Waals surface area (Å²) in [7, 11) is -0.893. The molecule has 3 aliphatic rings. The van der Waals surface area contributed by atoms with Crippen molar-refractivity contribution < 1.29 is 49.1 Å². The van der Waals surface area contributed by atoms with E-state index in [0.717, 1.165) is 37.4 Å². The maximum Gasteiger partial charge on any atom is 1.00 e. The van der Waals surface area contributed by atoms with E-state index in [9.17, 15) is 14.9 Å². The summed E-state index contributed by atoms with van der Waals surface area (Å²) >= 11 is 1.53. The molecule has 2 atom stereocenters. The van der Waals surface area contributed by atoms with E-state index in [0.29, 0.717) is 10.6 Å². The summed E-state index contributed by atoms with van der Waals surface area (Å²) in [6.07, 6.45) is 3.37. The van der Waals surface area contributed by atoms with Gasteiger partial charge in [-0.05, 0) is 49.9 Å². The number of hydrogen-bond donors (Lipinski definition) is 1. The van der Waals surface area contributed by atoms with Gasteiger partial charge >= 0.3 is 36.7 Å². The first kappa shape index (κ1) is 18.6. The third-order valence-electron chi connectivity index (χ3n) is 5.06. The number of carbonyl (C=O) groups excluding carboxylic acids is 1. The van der Waals surface area contributed by atoms with Crippen molar-refractivity contribution in [2.75, 3.05) is 25.4 Å². The van der Waals surface area contributed by atoms with Gasteiger partial charge in [-0.3, -0.25) is 0 Å². The van der Waals surface area contributed by atoms with Crippen molar-refractivity contribution in [1.82, 2.24) is 4.90 Å². The number of thioether (sulfide) groups is 1. The van der Waals surface area contributed by atoms with E-state index in [1.165, 1.54) is 24.6 Å². The smallest absolute Gasteiger partial charge is 0.545 e. The Bertz CT molecular complexity index is 641. The summed E-state index contributed by atoms with van der Waals surface area (Å²) in [5.74, 6) is 0.286. The van der Waals surface area contributed by atoms with Gasteiger partial charge in [0, 0.05) is 23.0 Å². The summed E-state index contributed by atoms with van der Waals surface area (Å²) in [6.45, 7) is 3.23. The van der Waals surface area contributed by atoms with E-state index >= 15 is 0 Å². The molecule has 5 nitrogen and oxygen atoms in total. The van der Waals surface area contributed by atoms with Crippen LogP contribution in [0.15, 0.2) is 17.0 Å². The number of rotatable bonds is 5. The molecule has 0 spiro atoms. The normalized spacial score (nSPS) is 24.6. The number of hydrogen-bond acceptors (Lipinski definition) is 6. The monoisotopic (exact) mass is 355 g/mol. The molecule has 8 heteroatoms. The Hall–Kier alpha value is -0.175. The Morgan fingerprint density at radius 3 is 2.88 bits per heavy atom. The Morgan fingerprint density at radius 1 is 1.42 bits per heavy atom. The summed E-state index contributed by atoms with van der Waals surface area (Å²) < 4.78 is 5.51. The third-order valence-corrected chi connectivity index (χ3v) is 6.10. The SMILES string of the molecule is O=C([O-])c1c(SCCN2CCCC2)ccc2c1OB(O)[C@@H]1C[C@H]21.[Na+]. The van der Waals surface area contributed by atoms with Crippen molar-refractivity contribution in [1.29, 1.82) is 0 Å². The van der Waals surface area contributed by atoms with Crippen LogP contribution in [0.3, 0.4) is 0 Å². The van der Waals surface area contributed by atoms with Gasteiger partial charge in [-0.15, -0.1) is 11.8 Å². The predicted octanol–water partition coefficient (Wildman–Crippen LogP) is -2.03. The van der Waals surface area contributed by atoms with Gasteiger partial charge < -0.3 is 24.5 Å². The van der Waals surface area contributed by atoms with Crippen LogP contribution in [0.1, 0.15) is 41.1 Å². The number of nitrogens with zero attached hydrogens (tertiary/aromatic N) is 1. The van der Waals surface area contributed by atoms with Gasteiger partial charge in [0.1, 0.15) is 5.75 Å². The molecule has 1 N–H and O–H groups in total. The van der Waals surface area contributed by atoms with Crippen molar-refractivity contribution in [3.05, 3.63) is 23.3 Å².